The van der Waals surface area contributed by atoms with Gasteiger partial charge in [-0.25, -0.2) is 13.2 Å². The first-order valence-electron chi connectivity index (χ1n) is 11.6. The fraction of sp³-hybridized carbons (Fsp3) is 0.458. The molecule has 36 heavy (non-hydrogen) atoms. The van der Waals surface area contributed by atoms with E-state index in [1.165, 1.54) is 54.1 Å². The normalized spacial score (nSPS) is 17.3. The Balaban J connectivity index is 1.48. The summed E-state index contributed by atoms with van der Waals surface area (Å²) in [7, 11) is 0.867. The third-order valence-electron chi connectivity index (χ3n) is 6.61. The Labute approximate surface area is 214 Å². The fourth-order valence-corrected chi connectivity index (χ4v) is 7.32. The van der Waals surface area contributed by atoms with Crippen LogP contribution in [-0.4, -0.2) is 76.4 Å². The Bertz CT molecular complexity index is 1260. The van der Waals surface area contributed by atoms with Gasteiger partial charge in [-0.15, -0.1) is 11.3 Å². The van der Waals surface area contributed by atoms with Gasteiger partial charge in [0.2, 0.25) is 10.0 Å². The summed E-state index contributed by atoms with van der Waals surface area (Å²) in [5.41, 5.74) is 1.55. The van der Waals surface area contributed by atoms with Gasteiger partial charge in [0, 0.05) is 36.6 Å². The van der Waals surface area contributed by atoms with Crippen molar-refractivity contribution in [3.8, 4) is 0 Å². The van der Waals surface area contributed by atoms with Crippen molar-refractivity contribution in [3.63, 3.8) is 0 Å². The number of fused-ring (bicyclic) bond motifs is 1. The number of hydrogen-bond acceptors (Lipinski definition) is 9. The van der Waals surface area contributed by atoms with Crippen molar-refractivity contribution in [2.24, 2.45) is 5.92 Å². The summed E-state index contributed by atoms with van der Waals surface area (Å²) in [5, 5.41) is 3.24. The predicted molar refractivity (Wildman–Crippen MR) is 134 cm³/mol. The molecule has 0 radical (unpaired) electrons. The SMILES string of the molecule is COC(=O)c1c(NC(=O)c2ccc(S(=O)(=O)N3CCC(C(=O)OC)CC3)cc2)sc2c1CCN(C)C2. The quantitative estimate of drug-likeness (QED) is 0.560. The summed E-state index contributed by atoms with van der Waals surface area (Å²) >= 11 is 1.35. The van der Waals surface area contributed by atoms with Crippen molar-refractivity contribution in [1.82, 2.24) is 9.21 Å². The fourth-order valence-electron chi connectivity index (χ4n) is 4.54. The summed E-state index contributed by atoms with van der Waals surface area (Å²) in [6.07, 6.45) is 1.48. The zero-order valence-corrected chi connectivity index (χ0v) is 22.0. The van der Waals surface area contributed by atoms with Crippen molar-refractivity contribution in [2.75, 3.05) is 46.2 Å². The molecule has 1 amide bonds. The molecule has 0 aliphatic carbocycles. The van der Waals surface area contributed by atoms with Gasteiger partial charge in [0.15, 0.2) is 0 Å². The first-order chi connectivity index (χ1) is 17.1. The Kier molecular flexibility index (Phi) is 7.79. The maximum atomic E-state index is 13.1. The Hall–Kier alpha value is -2.80. The number of carbonyl (C=O) groups is 3. The van der Waals surface area contributed by atoms with E-state index in [-0.39, 0.29) is 35.4 Å². The molecule has 12 heteroatoms. The molecular formula is C24H29N3O7S2. The van der Waals surface area contributed by atoms with Crippen LogP contribution >= 0.6 is 11.3 Å². The van der Waals surface area contributed by atoms with Crippen LogP contribution in [0.4, 0.5) is 5.00 Å². The van der Waals surface area contributed by atoms with Crippen LogP contribution in [0.5, 0.6) is 0 Å². The van der Waals surface area contributed by atoms with Gasteiger partial charge in [0.1, 0.15) is 5.00 Å². The molecule has 1 N–H and O–H groups in total. The van der Waals surface area contributed by atoms with Crippen LogP contribution in [0.15, 0.2) is 29.2 Å². The lowest BCUT2D eigenvalue weighted by molar-refractivity contribution is -0.146. The molecule has 2 aliphatic heterocycles. The maximum Gasteiger partial charge on any atom is 0.341 e. The molecule has 1 saturated heterocycles. The van der Waals surface area contributed by atoms with Gasteiger partial charge in [0.25, 0.3) is 5.91 Å². The molecule has 0 bridgehead atoms. The molecule has 10 nitrogen and oxygen atoms in total. The molecule has 0 atom stereocenters. The number of benzene rings is 1. The van der Waals surface area contributed by atoms with E-state index in [0.29, 0.717) is 36.4 Å². The van der Waals surface area contributed by atoms with E-state index in [2.05, 4.69) is 10.2 Å². The van der Waals surface area contributed by atoms with Crippen LogP contribution < -0.4 is 5.32 Å². The molecule has 3 heterocycles. The number of likely N-dealkylation sites (N-methyl/N-ethyl adjacent to an activating group) is 1. The number of carbonyl (C=O) groups excluding carboxylic acids is 3. The highest BCUT2D eigenvalue weighted by Gasteiger charge is 2.33. The molecule has 2 aliphatic rings. The first kappa shape index (κ1) is 26.3. The number of piperidine rings is 1. The zero-order valence-electron chi connectivity index (χ0n) is 20.4. The van der Waals surface area contributed by atoms with Crippen LogP contribution in [0.25, 0.3) is 0 Å². The first-order valence-corrected chi connectivity index (χ1v) is 13.8. The molecule has 2 aromatic rings. The minimum absolute atomic E-state index is 0.0699. The van der Waals surface area contributed by atoms with Crippen molar-refractivity contribution in [3.05, 3.63) is 45.8 Å². The van der Waals surface area contributed by atoms with Gasteiger partial charge in [-0.3, -0.25) is 9.59 Å². The van der Waals surface area contributed by atoms with Gasteiger partial charge < -0.3 is 19.7 Å². The molecular weight excluding hydrogens is 506 g/mol. The average molecular weight is 536 g/mol. The second-order valence-electron chi connectivity index (χ2n) is 8.87. The minimum Gasteiger partial charge on any atom is -0.469 e. The number of thiophene rings is 1. The number of nitrogens with zero attached hydrogens (tertiary/aromatic N) is 2. The highest BCUT2D eigenvalue weighted by molar-refractivity contribution is 7.89. The molecule has 0 spiro atoms. The maximum absolute atomic E-state index is 13.1. The highest BCUT2D eigenvalue weighted by atomic mass is 32.2. The smallest absolute Gasteiger partial charge is 0.341 e. The minimum atomic E-state index is -3.76. The molecule has 4 rings (SSSR count). The molecule has 1 aromatic carbocycles. The van der Waals surface area contributed by atoms with Gasteiger partial charge in [-0.2, -0.15) is 4.31 Å². The lowest BCUT2D eigenvalue weighted by atomic mass is 9.99. The number of amides is 1. The number of rotatable bonds is 6. The lowest BCUT2D eigenvalue weighted by Crippen LogP contribution is -2.40. The highest BCUT2D eigenvalue weighted by Crippen LogP contribution is 2.37. The number of esters is 2. The molecule has 194 valence electrons. The number of hydrogen-bond donors (Lipinski definition) is 1. The summed E-state index contributed by atoms with van der Waals surface area (Å²) in [4.78, 5) is 40.4. The third kappa shape index (κ3) is 5.17. The van der Waals surface area contributed by atoms with E-state index < -0.39 is 21.9 Å². The van der Waals surface area contributed by atoms with E-state index >= 15 is 0 Å². The summed E-state index contributed by atoms with van der Waals surface area (Å²) in [6, 6.07) is 5.68. The number of ether oxygens (including phenoxy) is 2. The number of anilines is 1. The van der Waals surface area contributed by atoms with Crippen LogP contribution in [0.2, 0.25) is 0 Å². The van der Waals surface area contributed by atoms with E-state index in [0.717, 1.165) is 17.0 Å². The third-order valence-corrected chi connectivity index (χ3v) is 9.65. The van der Waals surface area contributed by atoms with Crippen molar-refractivity contribution in [2.45, 2.75) is 30.7 Å². The van der Waals surface area contributed by atoms with Gasteiger partial charge in [0.05, 0.1) is 30.6 Å². The second kappa shape index (κ2) is 10.7. The topological polar surface area (TPSA) is 122 Å². The molecule has 1 fully saturated rings. The molecule has 1 aromatic heterocycles. The molecule has 0 saturated carbocycles. The standard InChI is InChI=1S/C24H29N3O7S2/c1-26-11-10-18-19(14-26)35-22(20(18)24(30)34-3)25-21(28)15-4-6-17(7-5-15)36(31,32)27-12-8-16(9-13-27)23(29)33-2/h4-7,16H,8-14H2,1-3H3,(H,25,28). The van der Waals surface area contributed by atoms with Crippen molar-refractivity contribution in [1.29, 1.82) is 0 Å². The van der Waals surface area contributed by atoms with Crippen LogP contribution in [-0.2, 0) is 37.3 Å². The van der Waals surface area contributed by atoms with E-state index in [1.54, 1.807) is 0 Å². The number of nitrogens with one attached hydrogen (secondary N) is 1. The van der Waals surface area contributed by atoms with Crippen LogP contribution in [0, 0.1) is 5.92 Å². The van der Waals surface area contributed by atoms with Crippen LogP contribution in [0.3, 0.4) is 0 Å². The summed E-state index contributed by atoms with van der Waals surface area (Å²) < 4.78 is 37.2. The Morgan fingerprint density at radius 1 is 1.03 bits per heavy atom. The van der Waals surface area contributed by atoms with Gasteiger partial charge >= 0.3 is 11.9 Å². The van der Waals surface area contributed by atoms with Gasteiger partial charge in [-0.1, -0.05) is 0 Å². The zero-order chi connectivity index (χ0) is 26.0. The summed E-state index contributed by atoms with van der Waals surface area (Å²) in [5.74, 6) is -1.57. The molecule has 0 unspecified atom stereocenters. The largest absolute Gasteiger partial charge is 0.469 e. The number of methoxy groups -OCH3 is 2. The predicted octanol–water partition coefficient (Wildman–Crippen LogP) is 2.35. The Morgan fingerprint density at radius 3 is 2.31 bits per heavy atom. The average Bonchev–Trinajstić information content (AvgIpc) is 3.24. The van der Waals surface area contributed by atoms with Crippen molar-refractivity contribution < 1.29 is 32.3 Å². The monoisotopic (exact) mass is 535 g/mol. The van der Waals surface area contributed by atoms with E-state index in [4.69, 9.17) is 9.47 Å². The lowest BCUT2D eigenvalue weighted by Gasteiger charge is -2.29. The Morgan fingerprint density at radius 2 is 1.69 bits per heavy atom. The van der Waals surface area contributed by atoms with Gasteiger partial charge in [-0.05, 0) is 56.1 Å². The van der Waals surface area contributed by atoms with Crippen LogP contribution in [0.1, 0.15) is 44.0 Å². The van der Waals surface area contributed by atoms with E-state index in [9.17, 15) is 22.8 Å². The van der Waals surface area contributed by atoms with Crippen molar-refractivity contribution >= 4 is 44.2 Å². The van der Waals surface area contributed by atoms with E-state index in [1.807, 2.05) is 7.05 Å². The summed E-state index contributed by atoms with van der Waals surface area (Å²) in [6.45, 7) is 1.93. The number of sulfonamides is 1. The second-order valence-corrected chi connectivity index (χ2v) is 11.9.